The molecule has 2 aliphatic rings. The second kappa shape index (κ2) is 7.42. The van der Waals surface area contributed by atoms with Crippen LogP contribution in [0.15, 0.2) is 0 Å². The van der Waals surface area contributed by atoms with Gasteiger partial charge in [-0.2, -0.15) is 12.7 Å². The maximum Gasteiger partial charge on any atom is 0.329 e. The highest BCUT2D eigenvalue weighted by molar-refractivity contribution is 7.87. The molecule has 1 aliphatic carbocycles. The third kappa shape index (κ3) is 4.82. The molecule has 1 saturated carbocycles. The molecule has 0 aromatic rings. The van der Waals surface area contributed by atoms with E-state index in [1.165, 1.54) is 10.7 Å². The lowest BCUT2D eigenvalue weighted by Crippen LogP contribution is -2.52. The summed E-state index contributed by atoms with van der Waals surface area (Å²) < 4.78 is 32.9. The van der Waals surface area contributed by atoms with Gasteiger partial charge >= 0.3 is 16.2 Å². The largest absolute Gasteiger partial charge is 0.381 e. The molecular formula is C13H25N3O4S. The van der Waals surface area contributed by atoms with Gasteiger partial charge in [0, 0.05) is 26.2 Å². The molecule has 0 aromatic carbocycles. The van der Waals surface area contributed by atoms with E-state index in [0.717, 1.165) is 25.7 Å². The number of hydrogen-bond acceptors (Lipinski definition) is 4. The molecule has 21 heavy (non-hydrogen) atoms. The van der Waals surface area contributed by atoms with Gasteiger partial charge in [-0.3, -0.25) is 0 Å². The second-order valence-corrected chi connectivity index (χ2v) is 7.42. The van der Waals surface area contributed by atoms with Gasteiger partial charge in [0.15, 0.2) is 0 Å². The summed E-state index contributed by atoms with van der Waals surface area (Å²) in [6.45, 7) is 0.759. The fraction of sp³-hybridized carbons (Fsp3) is 0.923. The number of carbonyl (C=O) groups is 1. The number of methoxy groups -OCH3 is 1. The Morgan fingerprint density at radius 1 is 1.10 bits per heavy atom. The minimum absolute atomic E-state index is 0.0909. The highest BCUT2D eigenvalue weighted by Crippen LogP contribution is 2.18. The molecule has 0 aromatic heterocycles. The normalized spacial score (nSPS) is 22.9. The minimum Gasteiger partial charge on any atom is -0.381 e. The second-order valence-electron chi connectivity index (χ2n) is 5.75. The minimum atomic E-state index is -3.75. The van der Waals surface area contributed by atoms with Gasteiger partial charge in [0.1, 0.15) is 0 Å². The summed E-state index contributed by atoms with van der Waals surface area (Å²) in [6, 6.07) is -0.524. The van der Waals surface area contributed by atoms with Crippen molar-refractivity contribution in [3.8, 4) is 0 Å². The zero-order valence-electron chi connectivity index (χ0n) is 12.5. The van der Waals surface area contributed by atoms with E-state index in [0.29, 0.717) is 25.9 Å². The molecule has 2 amide bonds. The first-order valence-corrected chi connectivity index (χ1v) is 9.06. The van der Waals surface area contributed by atoms with Crippen molar-refractivity contribution in [3.05, 3.63) is 0 Å². The molecule has 0 bridgehead atoms. The van der Waals surface area contributed by atoms with Crippen molar-refractivity contribution in [1.29, 1.82) is 0 Å². The molecule has 1 heterocycles. The molecule has 2 N–H and O–H groups in total. The van der Waals surface area contributed by atoms with Crippen LogP contribution < -0.4 is 10.0 Å². The summed E-state index contributed by atoms with van der Waals surface area (Å²) in [6.07, 6.45) is 6.62. The first kappa shape index (κ1) is 16.5. The summed E-state index contributed by atoms with van der Waals surface area (Å²) in [7, 11) is -2.12. The molecule has 1 saturated heterocycles. The third-order valence-electron chi connectivity index (χ3n) is 4.24. The average molecular weight is 319 g/mol. The van der Waals surface area contributed by atoms with Crippen molar-refractivity contribution < 1.29 is 17.9 Å². The predicted octanol–water partition coefficient (Wildman–Crippen LogP) is 0.974. The Balaban J connectivity index is 1.81. The molecule has 0 atom stereocenters. The van der Waals surface area contributed by atoms with E-state index >= 15 is 0 Å². The van der Waals surface area contributed by atoms with E-state index in [1.54, 1.807) is 7.11 Å². The molecule has 0 unspecified atom stereocenters. The van der Waals surface area contributed by atoms with Gasteiger partial charge < -0.3 is 10.1 Å². The summed E-state index contributed by atoms with van der Waals surface area (Å²) in [5, 5.41) is 2.75. The lowest BCUT2D eigenvalue weighted by molar-refractivity contribution is 0.0603. The Hall–Kier alpha value is -0.860. The Morgan fingerprint density at radius 3 is 2.29 bits per heavy atom. The molecular weight excluding hydrogens is 294 g/mol. The van der Waals surface area contributed by atoms with Crippen LogP contribution in [0.4, 0.5) is 4.79 Å². The Morgan fingerprint density at radius 2 is 1.71 bits per heavy atom. The van der Waals surface area contributed by atoms with Crippen molar-refractivity contribution in [2.24, 2.45) is 0 Å². The van der Waals surface area contributed by atoms with Gasteiger partial charge in [0.25, 0.3) is 0 Å². The average Bonchev–Trinajstić information content (AvgIpc) is 2.47. The zero-order chi connectivity index (χ0) is 15.3. The Labute approximate surface area is 126 Å². The van der Waals surface area contributed by atoms with Crippen LogP contribution >= 0.6 is 0 Å². The number of nitrogens with one attached hydrogen (secondary N) is 2. The molecule has 2 fully saturated rings. The zero-order valence-corrected chi connectivity index (χ0v) is 13.3. The fourth-order valence-corrected chi connectivity index (χ4v) is 4.07. The highest BCUT2D eigenvalue weighted by Gasteiger charge is 2.29. The van der Waals surface area contributed by atoms with Crippen molar-refractivity contribution in [1.82, 2.24) is 14.3 Å². The summed E-state index contributed by atoms with van der Waals surface area (Å²) in [5.74, 6) is 0. The van der Waals surface area contributed by atoms with E-state index in [4.69, 9.17) is 4.74 Å². The maximum atomic E-state index is 12.1. The number of carbonyl (C=O) groups excluding carboxylic acids is 1. The monoisotopic (exact) mass is 319 g/mol. The van der Waals surface area contributed by atoms with Gasteiger partial charge in [0.2, 0.25) is 0 Å². The van der Waals surface area contributed by atoms with E-state index in [1.807, 2.05) is 0 Å². The molecule has 0 spiro atoms. The smallest absolute Gasteiger partial charge is 0.329 e. The van der Waals surface area contributed by atoms with E-state index < -0.39 is 16.2 Å². The van der Waals surface area contributed by atoms with Crippen LogP contribution in [0, 0.1) is 0 Å². The van der Waals surface area contributed by atoms with Crippen LogP contribution in [0.3, 0.4) is 0 Å². The lowest BCUT2D eigenvalue weighted by atomic mass is 9.96. The number of rotatable bonds is 4. The van der Waals surface area contributed by atoms with Crippen LogP contribution in [0.2, 0.25) is 0 Å². The molecule has 7 nitrogen and oxygen atoms in total. The number of nitrogens with zero attached hydrogens (tertiary/aromatic N) is 1. The quantitative estimate of drug-likeness (QED) is 0.808. The van der Waals surface area contributed by atoms with Gasteiger partial charge in [0.05, 0.1) is 6.10 Å². The number of ether oxygens (including phenoxy) is 1. The van der Waals surface area contributed by atoms with E-state index in [2.05, 4.69) is 10.0 Å². The number of piperidine rings is 1. The number of hydrogen-bond donors (Lipinski definition) is 2. The molecule has 0 radical (unpaired) electrons. The SMILES string of the molecule is COC1CCN(S(=O)(=O)NC(=O)NC2CCCCC2)CC1. The van der Waals surface area contributed by atoms with Crippen molar-refractivity contribution in [2.75, 3.05) is 20.2 Å². The molecule has 2 rings (SSSR count). The van der Waals surface area contributed by atoms with Crippen molar-refractivity contribution in [3.63, 3.8) is 0 Å². The molecule has 122 valence electrons. The third-order valence-corrected chi connectivity index (χ3v) is 5.72. The van der Waals surface area contributed by atoms with E-state index in [9.17, 15) is 13.2 Å². The van der Waals surface area contributed by atoms with Crippen molar-refractivity contribution in [2.45, 2.75) is 57.1 Å². The summed E-state index contributed by atoms with van der Waals surface area (Å²) in [5.41, 5.74) is 0. The number of urea groups is 1. The highest BCUT2D eigenvalue weighted by atomic mass is 32.2. The van der Waals surface area contributed by atoms with Crippen LogP contribution in [-0.4, -0.2) is 51.1 Å². The molecule has 8 heteroatoms. The summed E-state index contributed by atoms with van der Waals surface area (Å²) >= 11 is 0. The Bertz CT molecular complexity index is 440. The van der Waals surface area contributed by atoms with Gasteiger partial charge in [-0.05, 0) is 25.7 Å². The van der Waals surface area contributed by atoms with Crippen LogP contribution in [0.5, 0.6) is 0 Å². The first-order valence-electron chi connectivity index (χ1n) is 7.62. The standard InChI is InChI=1S/C13H25N3O4S/c1-20-12-7-9-16(10-8-12)21(18,19)15-13(17)14-11-5-3-2-4-6-11/h11-12H,2-10H2,1H3,(H2,14,15,17). The van der Waals surface area contributed by atoms with Gasteiger partial charge in [-0.25, -0.2) is 9.52 Å². The van der Waals surface area contributed by atoms with Gasteiger partial charge in [-0.1, -0.05) is 19.3 Å². The topological polar surface area (TPSA) is 87.7 Å². The molecule has 1 aliphatic heterocycles. The predicted molar refractivity (Wildman–Crippen MR) is 79.1 cm³/mol. The fourth-order valence-electron chi connectivity index (χ4n) is 2.95. The first-order chi connectivity index (χ1) is 10.0. The van der Waals surface area contributed by atoms with Crippen molar-refractivity contribution >= 4 is 16.2 Å². The summed E-state index contributed by atoms with van der Waals surface area (Å²) in [4.78, 5) is 11.8. The van der Waals surface area contributed by atoms with Crippen LogP contribution in [0.1, 0.15) is 44.9 Å². The van der Waals surface area contributed by atoms with Gasteiger partial charge in [-0.15, -0.1) is 0 Å². The van der Waals surface area contributed by atoms with E-state index in [-0.39, 0.29) is 12.1 Å². The maximum absolute atomic E-state index is 12.1. The Kier molecular flexibility index (Phi) is 5.83. The van der Waals surface area contributed by atoms with Crippen LogP contribution in [-0.2, 0) is 14.9 Å². The number of amides is 2. The lowest BCUT2D eigenvalue weighted by Gasteiger charge is -2.30. The van der Waals surface area contributed by atoms with Crippen LogP contribution in [0.25, 0.3) is 0 Å².